The molecule has 9 heteroatoms. The molecule has 0 radical (unpaired) electrons. The topological polar surface area (TPSA) is 50.0 Å². The second-order valence-electron chi connectivity index (χ2n) is 7.99. The number of aryl methyl sites for hydroxylation is 1. The average Bonchev–Trinajstić information content (AvgIpc) is 3.16. The van der Waals surface area contributed by atoms with Gasteiger partial charge in [0.15, 0.2) is 0 Å². The number of benzene rings is 1. The van der Waals surface area contributed by atoms with Crippen LogP contribution in [0.15, 0.2) is 47.7 Å². The molecule has 0 N–H and O–H groups in total. The fourth-order valence-electron chi connectivity index (χ4n) is 3.78. The smallest absolute Gasteiger partial charge is 0.272 e. The minimum atomic E-state index is -4.45. The Bertz CT molecular complexity index is 1210. The Morgan fingerprint density at radius 3 is 2.58 bits per heavy atom. The predicted molar refractivity (Wildman–Crippen MR) is 112 cm³/mol. The van der Waals surface area contributed by atoms with Crippen LogP contribution >= 0.6 is 11.6 Å². The van der Waals surface area contributed by atoms with Crippen molar-refractivity contribution in [2.24, 2.45) is 10.5 Å². The maximum absolute atomic E-state index is 13.1. The van der Waals surface area contributed by atoms with Gasteiger partial charge in [0.2, 0.25) is 0 Å². The van der Waals surface area contributed by atoms with Crippen molar-refractivity contribution in [3.63, 3.8) is 0 Å². The van der Waals surface area contributed by atoms with E-state index in [1.165, 1.54) is 11.1 Å². The molecule has 0 spiro atoms. The van der Waals surface area contributed by atoms with Crippen molar-refractivity contribution in [2.45, 2.75) is 39.9 Å². The van der Waals surface area contributed by atoms with Crippen molar-refractivity contribution in [3.8, 4) is 0 Å². The average molecular weight is 449 g/mol. The Morgan fingerprint density at radius 1 is 1.16 bits per heavy atom. The van der Waals surface area contributed by atoms with E-state index >= 15 is 0 Å². The summed E-state index contributed by atoms with van der Waals surface area (Å²) in [4.78, 5) is 13.1. The summed E-state index contributed by atoms with van der Waals surface area (Å²) in [6.45, 7) is 5.43. The molecule has 31 heavy (non-hydrogen) atoms. The summed E-state index contributed by atoms with van der Waals surface area (Å²) in [5.41, 5.74) is 1.46. The van der Waals surface area contributed by atoms with E-state index in [-0.39, 0.29) is 12.5 Å². The van der Waals surface area contributed by atoms with Crippen molar-refractivity contribution < 1.29 is 18.0 Å². The van der Waals surface area contributed by atoms with Gasteiger partial charge < -0.3 is 0 Å². The molecule has 1 amide bonds. The van der Waals surface area contributed by atoms with Gasteiger partial charge in [0, 0.05) is 11.8 Å². The van der Waals surface area contributed by atoms with Gasteiger partial charge >= 0.3 is 6.18 Å². The zero-order valence-corrected chi connectivity index (χ0v) is 17.9. The Hall–Kier alpha value is -2.87. The molecule has 0 aliphatic carbocycles. The summed E-state index contributed by atoms with van der Waals surface area (Å²) in [7, 11) is 0. The number of pyridine rings is 1. The molecule has 162 valence electrons. The number of aromatic nitrogens is 2. The SMILES string of the molecule is CCc1nn2cc(Cl)ccc2c1C1=NN(Cc2cccc(C(F)(F)F)c2)C(=O)C1(C)C. The van der Waals surface area contributed by atoms with Gasteiger partial charge in [-0.25, -0.2) is 9.52 Å². The van der Waals surface area contributed by atoms with Crippen molar-refractivity contribution >= 4 is 28.7 Å². The van der Waals surface area contributed by atoms with Gasteiger partial charge in [0.25, 0.3) is 5.91 Å². The highest BCUT2D eigenvalue weighted by Crippen LogP contribution is 2.36. The Labute approximate surface area is 182 Å². The molecule has 3 aromatic rings. The van der Waals surface area contributed by atoms with Crippen LogP contribution < -0.4 is 0 Å². The molecule has 1 aliphatic heterocycles. The number of carbonyl (C=O) groups excluding carboxylic acids is 1. The van der Waals surface area contributed by atoms with Crippen LogP contribution in [0.25, 0.3) is 5.52 Å². The molecule has 2 aromatic heterocycles. The zero-order valence-electron chi connectivity index (χ0n) is 17.2. The van der Waals surface area contributed by atoms with E-state index in [0.29, 0.717) is 22.7 Å². The van der Waals surface area contributed by atoms with Crippen molar-refractivity contribution in [1.29, 1.82) is 0 Å². The van der Waals surface area contributed by atoms with Crippen LogP contribution in [0.4, 0.5) is 13.2 Å². The lowest BCUT2D eigenvalue weighted by atomic mass is 9.82. The summed E-state index contributed by atoms with van der Waals surface area (Å²) in [5.74, 6) is -0.282. The van der Waals surface area contributed by atoms with E-state index in [1.807, 2.05) is 13.0 Å². The fourth-order valence-corrected chi connectivity index (χ4v) is 3.94. The number of halogens is 4. The van der Waals surface area contributed by atoms with Gasteiger partial charge in [-0.1, -0.05) is 30.7 Å². The van der Waals surface area contributed by atoms with Gasteiger partial charge in [-0.2, -0.15) is 23.4 Å². The van der Waals surface area contributed by atoms with E-state index in [0.717, 1.165) is 28.9 Å². The van der Waals surface area contributed by atoms with E-state index in [4.69, 9.17) is 11.6 Å². The summed E-state index contributed by atoms with van der Waals surface area (Å²) >= 11 is 6.09. The molecule has 0 atom stereocenters. The molecule has 4 rings (SSSR count). The van der Waals surface area contributed by atoms with Crippen LogP contribution in [0.2, 0.25) is 5.02 Å². The third kappa shape index (κ3) is 3.69. The van der Waals surface area contributed by atoms with Crippen molar-refractivity contribution in [2.75, 3.05) is 0 Å². The highest BCUT2D eigenvalue weighted by Gasteiger charge is 2.45. The minimum Gasteiger partial charge on any atom is -0.272 e. The number of hydrazone groups is 1. The summed E-state index contributed by atoms with van der Waals surface area (Å²) in [6, 6.07) is 8.50. The second kappa shape index (κ2) is 7.37. The quantitative estimate of drug-likeness (QED) is 0.540. The summed E-state index contributed by atoms with van der Waals surface area (Å²) in [5, 5.41) is 10.9. The molecule has 0 unspecified atom stereocenters. The van der Waals surface area contributed by atoms with Crippen LogP contribution in [-0.2, 0) is 23.9 Å². The monoisotopic (exact) mass is 448 g/mol. The molecular formula is C22H20ClF3N4O. The standard InChI is InChI=1S/C22H20ClF3N4O/c1-4-16-18(17-9-8-15(23)12-29(17)27-16)19-21(2,3)20(31)30(28-19)11-13-6-5-7-14(10-13)22(24,25)26/h5-10,12H,4,11H2,1-3H3. The predicted octanol–water partition coefficient (Wildman–Crippen LogP) is 5.34. The van der Waals surface area contributed by atoms with Gasteiger partial charge in [0.05, 0.1) is 39.5 Å². The molecule has 1 aliphatic rings. The summed E-state index contributed by atoms with van der Waals surface area (Å²) < 4.78 is 40.8. The van der Waals surface area contributed by atoms with Gasteiger partial charge in [0.1, 0.15) is 0 Å². The van der Waals surface area contributed by atoms with E-state index in [1.54, 1.807) is 36.7 Å². The van der Waals surface area contributed by atoms with Crippen molar-refractivity contribution in [3.05, 3.63) is 70.0 Å². The van der Waals surface area contributed by atoms with Crippen molar-refractivity contribution in [1.82, 2.24) is 14.6 Å². The van der Waals surface area contributed by atoms with Gasteiger partial charge in [-0.05, 0) is 50.1 Å². The molecule has 3 heterocycles. The Balaban J connectivity index is 1.77. The lowest BCUT2D eigenvalue weighted by Gasteiger charge is -2.20. The number of alkyl halides is 3. The first-order chi connectivity index (χ1) is 14.5. The number of fused-ring (bicyclic) bond motifs is 1. The molecule has 0 saturated carbocycles. The molecule has 1 aromatic carbocycles. The van der Waals surface area contributed by atoms with Crippen LogP contribution in [0.1, 0.15) is 43.2 Å². The highest BCUT2D eigenvalue weighted by molar-refractivity contribution is 6.30. The molecule has 0 fully saturated rings. The Morgan fingerprint density at radius 2 is 1.90 bits per heavy atom. The van der Waals surface area contributed by atoms with E-state index in [9.17, 15) is 18.0 Å². The maximum atomic E-state index is 13.1. The second-order valence-corrected chi connectivity index (χ2v) is 8.42. The highest BCUT2D eigenvalue weighted by atomic mass is 35.5. The first-order valence-corrected chi connectivity index (χ1v) is 10.1. The minimum absolute atomic E-state index is 0.0534. The van der Waals surface area contributed by atoms with Crippen LogP contribution in [0, 0.1) is 5.41 Å². The molecule has 0 bridgehead atoms. The number of nitrogens with zero attached hydrogens (tertiary/aromatic N) is 4. The third-order valence-corrected chi connectivity index (χ3v) is 5.63. The Kier molecular flexibility index (Phi) is 5.08. The first kappa shape index (κ1) is 21.4. The lowest BCUT2D eigenvalue weighted by molar-refractivity contribution is -0.137. The maximum Gasteiger partial charge on any atom is 0.416 e. The van der Waals surface area contributed by atoms with E-state index < -0.39 is 17.2 Å². The number of hydrogen-bond donors (Lipinski definition) is 0. The van der Waals surface area contributed by atoms with Crippen LogP contribution in [0.5, 0.6) is 0 Å². The van der Waals surface area contributed by atoms with Gasteiger partial charge in [-0.15, -0.1) is 0 Å². The number of rotatable bonds is 4. The number of amides is 1. The van der Waals surface area contributed by atoms with E-state index in [2.05, 4.69) is 10.2 Å². The van der Waals surface area contributed by atoms with Crippen LogP contribution in [0.3, 0.4) is 0 Å². The lowest BCUT2D eigenvalue weighted by Crippen LogP contribution is -2.35. The van der Waals surface area contributed by atoms with Gasteiger partial charge in [-0.3, -0.25) is 4.79 Å². The first-order valence-electron chi connectivity index (χ1n) is 9.76. The third-order valence-electron chi connectivity index (χ3n) is 5.41. The fraction of sp³-hybridized carbons (Fsp3) is 0.318. The summed E-state index contributed by atoms with van der Waals surface area (Å²) in [6.07, 6.45) is -2.15. The molecule has 0 saturated heterocycles. The molecule has 5 nitrogen and oxygen atoms in total. The largest absolute Gasteiger partial charge is 0.416 e. The normalized spacial score (nSPS) is 16.3. The number of hydrogen-bond acceptors (Lipinski definition) is 3. The van der Waals surface area contributed by atoms with Crippen LogP contribution in [-0.4, -0.2) is 26.2 Å². The number of carbonyl (C=O) groups is 1. The zero-order chi connectivity index (χ0) is 22.6. The molecular weight excluding hydrogens is 429 g/mol.